The van der Waals surface area contributed by atoms with Crippen molar-refractivity contribution in [2.75, 3.05) is 5.75 Å². The lowest BCUT2D eigenvalue weighted by Gasteiger charge is -2.20. The van der Waals surface area contributed by atoms with Gasteiger partial charge in [0.05, 0.1) is 6.42 Å². The molecule has 0 aromatic heterocycles. The summed E-state index contributed by atoms with van der Waals surface area (Å²) >= 11 is 0. The summed E-state index contributed by atoms with van der Waals surface area (Å²) in [6.45, 7) is 0. The zero-order valence-electron chi connectivity index (χ0n) is 6.87. The third kappa shape index (κ3) is 4.16. The first-order valence-electron chi connectivity index (χ1n) is 3.26. The van der Waals surface area contributed by atoms with E-state index in [2.05, 4.69) is 0 Å². The molecule has 0 bridgehead atoms. The average molecular weight is 227 g/mol. The lowest BCUT2D eigenvalue weighted by Crippen LogP contribution is -2.54. The van der Waals surface area contributed by atoms with Gasteiger partial charge in [-0.2, -0.15) is 8.42 Å². The molecule has 0 radical (unpaired) electrons. The molecule has 0 aromatic carbocycles. The van der Waals surface area contributed by atoms with Gasteiger partial charge in [0, 0.05) is 0 Å². The Morgan fingerprint density at radius 2 is 1.71 bits per heavy atom. The Hall–Kier alpha value is -1.19. The Bertz CT molecular complexity index is 347. The maximum atomic E-state index is 10.5. The molecule has 8 nitrogen and oxygen atoms in total. The second-order valence-corrected chi connectivity index (χ2v) is 4.21. The van der Waals surface area contributed by atoms with Gasteiger partial charge in [0.25, 0.3) is 10.1 Å². The van der Waals surface area contributed by atoms with Gasteiger partial charge in [-0.3, -0.25) is 14.1 Å². The molecular weight excluding hydrogens is 218 g/mol. The van der Waals surface area contributed by atoms with Crippen molar-refractivity contribution >= 4 is 22.1 Å². The van der Waals surface area contributed by atoms with Gasteiger partial charge in [0.15, 0.2) is 0 Å². The van der Waals surface area contributed by atoms with Crippen molar-refractivity contribution in [1.82, 2.24) is 0 Å². The fraction of sp³-hybridized carbons (Fsp3) is 0.600. The molecule has 9 heteroatoms. The third-order valence-electron chi connectivity index (χ3n) is 1.33. The van der Waals surface area contributed by atoms with Gasteiger partial charge >= 0.3 is 11.9 Å². The molecule has 5 N–H and O–H groups in total. The van der Waals surface area contributed by atoms with E-state index in [1.165, 1.54) is 0 Å². The summed E-state index contributed by atoms with van der Waals surface area (Å²) in [5, 5.41) is 16.8. The zero-order valence-corrected chi connectivity index (χ0v) is 7.69. The number of hydrogen-bond donors (Lipinski definition) is 4. The smallest absolute Gasteiger partial charge is 0.325 e. The normalized spacial score (nSPS) is 15.9. The first-order chi connectivity index (χ1) is 6.07. The third-order valence-corrected chi connectivity index (χ3v) is 2.21. The van der Waals surface area contributed by atoms with Crippen LogP contribution in [0.3, 0.4) is 0 Å². The minimum absolute atomic E-state index is 1.10. The Morgan fingerprint density at radius 3 is 1.93 bits per heavy atom. The molecule has 0 aliphatic carbocycles. The van der Waals surface area contributed by atoms with E-state index in [0.717, 1.165) is 0 Å². The summed E-state index contributed by atoms with van der Waals surface area (Å²) < 4.78 is 29.1. The summed E-state index contributed by atoms with van der Waals surface area (Å²) in [5.41, 5.74) is 2.49. The van der Waals surface area contributed by atoms with Crippen LogP contribution in [-0.2, 0) is 19.7 Å². The first kappa shape index (κ1) is 12.8. The number of carboxylic acids is 2. The molecule has 0 unspecified atom stereocenters. The first-order valence-corrected chi connectivity index (χ1v) is 4.87. The minimum Gasteiger partial charge on any atom is -0.481 e. The molecule has 0 amide bonds. The molecule has 0 spiro atoms. The Labute approximate surface area is 79.1 Å². The van der Waals surface area contributed by atoms with Crippen LogP contribution in [0.4, 0.5) is 0 Å². The van der Waals surface area contributed by atoms with Gasteiger partial charge in [-0.05, 0) is 0 Å². The van der Waals surface area contributed by atoms with Crippen molar-refractivity contribution < 1.29 is 32.8 Å². The second-order valence-electron chi connectivity index (χ2n) is 2.76. The Kier molecular flexibility index (Phi) is 3.57. The number of rotatable bonds is 5. The lowest BCUT2D eigenvalue weighted by molar-refractivity contribution is -0.148. The van der Waals surface area contributed by atoms with Gasteiger partial charge < -0.3 is 15.9 Å². The number of carbonyl (C=O) groups is 2. The van der Waals surface area contributed by atoms with E-state index in [9.17, 15) is 18.0 Å². The number of hydrogen-bond acceptors (Lipinski definition) is 5. The largest absolute Gasteiger partial charge is 0.481 e. The average Bonchev–Trinajstić information content (AvgIpc) is 1.79. The Balaban J connectivity index is 4.92. The predicted molar refractivity (Wildman–Crippen MR) is 43.2 cm³/mol. The van der Waals surface area contributed by atoms with Crippen molar-refractivity contribution in [2.45, 2.75) is 12.0 Å². The number of nitrogens with two attached hydrogens (primary N) is 1. The molecule has 0 rings (SSSR count). The van der Waals surface area contributed by atoms with Crippen LogP contribution in [0, 0.1) is 0 Å². The molecule has 14 heavy (non-hydrogen) atoms. The highest BCUT2D eigenvalue weighted by Crippen LogP contribution is 2.10. The quantitative estimate of drug-likeness (QED) is 0.398. The molecular formula is C5H9NO7S. The lowest BCUT2D eigenvalue weighted by atomic mass is 10.00. The Morgan fingerprint density at radius 1 is 1.29 bits per heavy atom. The van der Waals surface area contributed by atoms with Crippen LogP contribution < -0.4 is 5.73 Å². The summed E-state index contributed by atoms with van der Waals surface area (Å²) in [7, 11) is -4.64. The number of carboxylic acid groups (broad SMARTS) is 2. The van der Waals surface area contributed by atoms with E-state index < -0.39 is 39.8 Å². The van der Waals surface area contributed by atoms with Crippen LogP contribution in [0.2, 0.25) is 0 Å². The molecule has 0 aromatic rings. The van der Waals surface area contributed by atoms with Gasteiger partial charge in [-0.1, -0.05) is 0 Å². The van der Waals surface area contributed by atoms with Crippen molar-refractivity contribution in [2.24, 2.45) is 5.73 Å². The van der Waals surface area contributed by atoms with Crippen LogP contribution in [0.1, 0.15) is 6.42 Å². The van der Waals surface area contributed by atoms with E-state index in [0.29, 0.717) is 0 Å². The maximum absolute atomic E-state index is 10.5. The second kappa shape index (κ2) is 3.90. The molecule has 0 aliphatic rings. The van der Waals surface area contributed by atoms with Gasteiger partial charge in [0.2, 0.25) is 0 Å². The van der Waals surface area contributed by atoms with Gasteiger partial charge in [-0.25, -0.2) is 0 Å². The van der Waals surface area contributed by atoms with Crippen LogP contribution in [0.25, 0.3) is 0 Å². The topological polar surface area (TPSA) is 155 Å². The van der Waals surface area contributed by atoms with Gasteiger partial charge in [0.1, 0.15) is 11.3 Å². The molecule has 1 atom stereocenters. The van der Waals surface area contributed by atoms with E-state index in [4.69, 9.17) is 20.5 Å². The van der Waals surface area contributed by atoms with Crippen molar-refractivity contribution in [3.8, 4) is 0 Å². The molecule has 0 saturated heterocycles. The molecule has 0 aliphatic heterocycles. The monoisotopic (exact) mass is 227 g/mol. The van der Waals surface area contributed by atoms with Crippen LogP contribution in [0.5, 0.6) is 0 Å². The molecule has 0 heterocycles. The van der Waals surface area contributed by atoms with E-state index in [1.54, 1.807) is 0 Å². The van der Waals surface area contributed by atoms with Crippen molar-refractivity contribution in [3.05, 3.63) is 0 Å². The highest BCUT2D eigenvalue weighted by atomic mass is 32.2. The summed E-state index contributed by atoms with van der Waals surface area (Å²) in [6, 6.07) is 0. The molecule has 0 fully saturated rings. The van der Waals surface area contributed by atoms with Crippen molar-refractivity contribution in [1.29, 1.82) is 0 Å². The summed E-state index contributed by atoms with van der Waals surface area (Å²) in [6.07, 6.45) is -1.10. The summed E-state index contributed by atoms with van der Waals surface area (Å²) in [4.78, 5) is 20.7. The zero-order chi connectivity index (χ0) is 11.6. The van der Waals surface area contributed by atoms with Crippen molar-refractivity contribution in [3.63, 3.8) is 0 Å². The highest BCUT2D eigenvalue weighted by molar-refractivity contribution is 7.85. The molecule has 0 saturated carbocycles. The predicted octanol–water partition coefficient (Wildman–Crippen LogP) is -1.87. The number of aliphatic carboxylic acids is 2. The highest BCUT2D eigenvalue weighted by Gasteiger charge is 2.40. The van der Waals surface area contributed by atoms with Crippen LogP contribution >= 0.6 is 0 Å². The minimum atomic E-state index is -4.64. The summed E-state index contributed by atoms with van der Waals surface area (Å²) in [5.74, 6) is -4.72. The SMILES string of the molecule is N[C@](CC(=O)O)(CS(=O)(=O)O)C(=O)O. The van der Waals surface area contributed by atoms with E-state index in [1.807, 2.05) is 0 Å². The van der Waals surface area contributed by atoms with Crippen LogP contribution in [0.15, 0.2) is 0 Å². The van der Waals surface area contributed by atoms with E-state index >= 15 is 0 Å². The maximum Gasteiger partial charge on any atom is 0.325 e. The van der Waals surface area contributed by atoms with Gasteiger partial charge in [-0.15, -0.1) is 0 Å². The van der Waals surface area contributed by atoms with E-state index in [-0.39, 0.29) is 0 Å². The molecule has 82 valence electrons. The fourth-order valence-electron chi connectivity index (χ4n) is 0.784. The fourth-order valence-corrected chi connectivity index (χ4v) is 1.66. The standard InChI is InChI=1S/C5H9NO7S/c6-5(4(9)10,1-3(7)8)2-14(11,12)13/h1-2,6H2,(H,7,8)(H,9,10)(H,11,12,13)/t5-/m1/s1. The van der Waals surface area contributed by atoms with Crippen LogP contribution in [-0.4, -0.2) is 46.4 Å².